The Morgan fingerprint density at radius 1 is 1.06 bits per heavy atom. The smallest absolute Gasteiger partial charge is 1.00 e. The van der Waals surface area contributed by atoms with Crippen LogP contribution in [-0.4, -0.2) is 23.1 Å². The van der Waals surface area contributed by atoms with Gasteiger partial charge in [-0.2, -0.15) is 0 Å². The molecule has 0 unspecified atom stereocenters. The van der Waals surface area contributed by atoms with Gasteiger partial charge in [-0.3, -0.25) is 0 Å². The van der Waals surface area contributed by atoms with Crippen molar-refractivity contribution in [1.82, 2.24) is 0 Å². The summed E-state index contributed by atoms with van der Waals surface area (Å²) in [7, 11) is 0. The van der Waals surface area contributed by atoms with Crippen molar-refractivity contribution in [2.45, 2.75) is 5.33 Å². The molecule has 0 amide bonds. The van der Waals surface area contributed by atoms with Crippen LogP contribution in [0.1, 0.15) is 8.42 Å². The summed E-state index contributed by atoms with van der Waals surface area (Å²) < 4.78 is 13.0. The maximum atomic E-state index is 13.0. The van der Waals surface area contributed by atoms with Crippen molar-refractivity contribution in [2.75, 3.05) is 0 Å². The van der Waals surface area contributed by atoms with Crippen molar-refractivity contribution >= 4 is 39.0 Å². The third kappa shape index (κ3) is 3.06. The van der Waals surface area contributed by atoms with Gasteiger partial charge in [-0.25, -0.2) is 4.39 Å². The van der Waals surface area contributed by atoms with Gasteiger partial charge in [-0.05, 0) is 28.8 Å². The van der Waals surface area contributed by atoms with E-state index in [1.165, 1.54) is 6.07 Å². The van der Waals surface area contributed by atoms with Crippen LogP contribution in [0.4, 0.5) is 4.39 Å². The molecule has 0 aliphatic heterocycles. The number of benzene rings is 2. The normalized spacial score (nSPS) is 9.62. The quantitative estimate of drug-likeness (QED) is 0.574. The molecule has 16 heavy (non-hydrogen) atoms. The Balaban J connectivity index is 0. The summed E-state index contributed by atoms with van der Waals surface area (Å²) in [6.45, 7) is 0. The van der Waals surface area contributed by atoms with Crippen molar-refractivity contribution < 1.29 is 7.24 Å². The van der Waals surface area contributed by atoms with E-state index in [2.05, 4.69) is 15.9 Å². The second-order valence-corrected chi connectivity index (χ2v) is 3.86. The zero-order valence-corrected chi connectivity index (χ0v) is 11.8. The molecule has 80 valence electrons. The Bertz CT molecular complexity index is 466. The van der Waals surface area contributed by atoms with Crippen LogP contribution in [0.2, 0.25) is 0 Å². The maximum Gasteiger partial charge on any atom is 2.00 e. The minimum Gasteiger partial charge on any atom is -1.00 e. The molecule has 0 N–H and O–H groups in total. The standard InChI is InChI=1S/C13H10BrF.Mg.2H/c14-9-11-8-12(15)6-7-13(11)10-4-2-1-3-5-10;;;/h1-8H,9H2;;;/q;+2;2*-1. The monoisotopic (exact) mass is 290 g/mol. The van der Waals surface area contributed by atoms with Crippen LogP contribution < -0.4 is 0 Å². The molecule has 2 aromatic rings. The zero-order valence-electron chi connectivity index (χ0n) is 10.8. The van der Waals surface area contributed by atoms with Crippen molar-refractivity contribution in [3.05, 3.63) is 59.9 Å². The van der Waals surface area contributed by atoms with Crippen LogP contribution in [0.5, 0.6) is 0 Å². The fourth-order valence-electron chi connectivity index (χ4n) is 1.57. The average Bonchev–Trinajstić information content (AvgIpc) is 2.30. The topological polar surface area (TPSA) is 0 Å². The molecule has 0 fully saturated rings. The van der Waals surface area contributed by atoms with Crippen molar-refractivity contribution in [3.63, 3.8) is 0 Å². The molecule has 0 aromatic heterocycles. The molecule has 0 atom stereocenters. The molecule has 0 nitrogen and oxygen atoms in total. The van der Waals surface area contributed by atoms with E-state index in [0.717, 1.165) is 16.7 Å². The molecule has 0 spiro atoms. The fourth-order valence-corrected chi connectivity index (χ4v) is 2.04. The molecule has 0 saturated heterocycles. The van der Waals surface area contributed by atoms with Crippen LogP contribution in [0.15, 0.2) is 48.5 Å². The first-order chi connectivity index (χ1) is 7.31. The first kappa shape index (κ1) is 13.7. The summed E-state index contributed by atoms with van der Waals surface area (Å²) in [6.07, 6.45) is 0. The van der Waals surface area contributed by atoms with Gasteiger partial charge in [0.05, 0.1) is 0 Å². The van der Waals surface area contributed by atoms with Gasteiger partial charge in [0.15, 0.2) is 0 Å². The van der Waals surface area contributed by atoms with Crippen LogP contribution in [0, 0.1) is 5.82 Å². The van der Waals surface area contributed by atoms with Crippen molar-refractivity contribution in [3.8, 4) is 11.1 Å². The van der Waals surface area contributed by atoms with Crippen LogP contribution in [0.25, 0.3) is 11.1 Å². The van der Waals surface area contributed by atoms with Gasteiger partial charge in [0.25, 0.3) is 0 Å². The van der Waals surface area contributed by atoms with Gasteiger partial charge >= 0.3 is 23.1 Å². The average molecular weight is 291 g/mol. The van der Waals surface area contributed by atoms with Gasteiger partial charge in [-0.1, -0.05) is 52.3 Å². The van der Waals surface area contributed by atoms with Gasteiger partial charge in [0.1, 0.15) is 5.82 Å². The SMILES string of the molecule is Fc1ccc(-c2ccccc2)c(CBr)c1.[H-].[H-].[Mg+2]. The van der Waals surface area contributed by atoms with E-state index in [1.807, 2.05) is 36.4 Å². The first-order valence-corrected chi connectivity index (χ1v) is 5.83. The summed E-state index contributed by atoms with van der Waals surface area (Å²) in [4.78, 5) is 0. The summed E-state index contributed by atoms with van der Waals surface area (Å²) >= 11 is 3.37. The number of alkyl halides is 1. The molecule has 2 aromatic carbocycles. The van der Waals surface area contributed by atoms with E-state index < -0.39 is 0 Å². The Hall–Kier alpha value is -0.384. The van der Waals surface area contributed by atoms with Crippen molar-refractivity contribution in [1.29, 1.82) is 0 Å². The molecule has 0 aliphatic rings. The molecule has 0 saturated carbocycles. The van der Waals surface area contributed by atoms with Crippen LogP contribution >= 0.6 is 15.9 Å². The molecule has 0 radical (unpaired) electrons. The fraction of sp³-hybridized carbons (Fsp3) is 0.0769. The minimum atomic E-state index is -0.191. The summed E-state index contributed by atoms with van der Waals surface area (Å²) in [5, 5.41) is 0.662. The summed E-state index contributed by atoms with van der Waals surface area (Å²) in [5.41, 5.74) is 3.17. The zero-order chi connectivity index (χ0) is 10.7. The molecule has 0 heterocycles. The number of halogens is 2. The summed E-state index contributed by atoms with van der Waals surface area (Å²) in [5.74, 6) is -0.191. The molecule has 3 heteroatoms. The maximum absolute atomic E-state index is 13.0. The van der Waals surface area contributed by atoms with E-state index in [0.29, 0.717) is 5.33 Å². The second kappa shape index (κ2) is 6.38. The summed E-state index contributed by atoms with van der Waals surface area (Å²) in [6, 6.07) is 14.9. The van der Waals surface area contributed by atoms with Gasteiger partial charge in [-0.15, -0.1) is 0 Å². The predicted molar refractivity (Wildman–Crippen MR) is 72.4 cm³/mol. The molecule has 0 aliphatic carbocycles. The molecule has 0 bridgehead atoms. The minimum absolute atomic E-state index is 0. The van der Waals surface area contributed by atoms with E-state index in [-0.39, 0.29) is 31.7 Å². The van der Waals surface area contributed by atoms with E-state index in [9.17, 15) is 4.39 Å². The van der Waals surface area contributed by atoms with Gasteiger partial charge < -0.3 is 2.85 Å². The van der Waals surface area contributed by atoms with E-state index >= 15 is 0 Å². The number of hydrogen-bond donors (Lipinski definition) is 0. The van der Waals surface area contributed by atoms with E-state index in [4.69, 9.17) is 0 Å². The van der Waals surface area contributed by atoms with Crippen molar-refractivity contribution in [2.24, 2.45) is 0 Å². The number of rotatable bonds is 2. The third-order valence-electron chi connectivity index (χ3n) is 2.30. The third-order valence-corrected chi connectivity index (χ3v) is 2.90. The van der Waals surface area contributed by atoms with Crippen LogP contribution in [0.3, 0.4) is 0 Å². The molecular formula is C13H12BrFMg. The van der Waals surface area contributed by atoms with Gasteiger partial charge in [0.2, 0.25) is 0 Å². The Morgan fingerprint density at radius 2 is 1.75 bits per heavy atom. The largest absolute Gasteiger partial charge is 2.00 e. The molecule has 2 rings (SSSR count). The first-order valence-electron chi connectivity index (χ1n) is 4.71. The Labute approximate surface area is 122 Å². The predicted octanol–water partition coefficient (Wildman–Crippen LogP) is 4.23. The Kier molecular flexibility index (Phi) is 5.45. The van der Waals surface area contributed by atoms with Gasteiger partial charge in [0, 0.05) is 5.33 Å². The Morgan fingerprint density at radius 3 is 2.38 bits per heavy atom. The van der Waals surface area contributed by atoms with Crippen LogP contribution in [-0.2, 0) is 5.33 Å². The number of hydrogen-bond acceptors (Lipinski definition) is 0. The second-order valence-electron chi connectivity index (χ2n) is 3.30. The van der Waals surface area contributed by atoms with E-state index in [1.54, 1.807) is 6.07 Å². The molecular weight excluding hydrogens is 279 g/mol.